The summed E-state index contributed by atoms with van der Waals surface area (Å²) in [6.45, 7) is 3.86. The molecule has 1 saturated heterocycles. The van der Waals surface area contributed by atoms with E-state index < -0.39 is 34.5 Å². The zero-order valence-electron chi connectivity index (χ0n) is 24.9. The summed E-state index contributed by atoms with van der Waals surface area (Å²) in [6, 6.07) is 37.3. The van der Waals surface area contributed by atoms with Crippen molar-refractivity contribution in [2.24, 2.45) is 5.41 Å². The number of para-hydroxylation sites is 1. The van der Waals surface area contributed by atoms with Gasteiger partial charge in [0, 0.05) is 33.9 Å². The Morgan fingerprint density at radius 1 is 0.467 bits per heavy atom. The van der Waals surface area contributed by atoms with Gasteiger partial charge in [0.2, 0.25) is 0 Å². The van der Waals surface area contributed by atoms with Crippen LogP contribution >= 0.6 is 0 Å². The number of nitrogens with zero attached hydrogens (tertiary/aromatic N) is 1. The van der Waals surface area contributed by atoms with Crippen LogP contribution in [0.1, 0.15) is 75.6 Å². The molecule has 2 spiro atoms. The molecule has 3 aliphatic rings. The SMILES string of the molecule is Cc1ccccc1C1N(c2ccccc2)C2(C(=O)c3ccccc3C2=O)C(c2ccccc2C)C12C(=O)c1ccccc1C2=O. The number of carbonyl (C=O) groups is 4. The molecule has 0 bridgehead atoms. The van der Waals surface area contributed by atoms with Crippen molar-refractivity contribution in [3.63, 3.8) is 0 Å². The Bertz CT molecular complexity index is 2020. The molecule has 5 aromatic rings. The van der Waals surface area contributed by atoms with Gasteiger partial charge in [0.15, 0.2) is 28.7 Å². The molecule has 218 valence electrons. The lowest BCUT2D eigenvalue weighted by molar-refractivity contribution is 0.0619. The molecule has 2 atom stereocenters. The molecule has 0 radical (unpaired) electrons. The fraction of sp³-hybridized carbons (Fsp3) is 0.150. The summed E-state index contributed by atoms with van der Waals surface area (Å²) in [5.41, 5.74) is 1.11. The molecule has 1 aliphatic heterocycles. The van der Waals surface area contributed by atoms with E-state index in [2.05, 4.69) is 0 Å². The Morgan fingerprint density at radius 3 is 1.36 bits per heavy atom. The maximum atomic E-state index is 15.4. The van der Waals surface area contributed by atoms with E-state index in [9.17, 15) is 0 Å². The molecule has 2 aliphatic carbocycles. The molecular formula is C40H29NO4. The summed E-state index contributed by atoms with van der Waals surface area (Å²) in [5, 5.41) is 0. The van der Waals surface area contributed by atoms with Gasteiger partial charge in [-0.1, -0.05) is 115 Å². The highest BCUT2D eigenvalue weighted by atomic mass is 16.2. The molecule has 2 unspecified atom stereocenters. The minimum absolute atomic E-state index is 0.304. The van der Waals surface area contributed by atoms with Crippen molar-refractivity contribution in [1.82, 2.24) is 0 Å². The normalized spacial score (nSPS) is 20.7. The van der Waals surface area contributed by atoms with Crippen molar-refractivity contribution >= 4 is 28.8 Å². The quantitative estimate of drug-likeness (QED) is 0.204. The lowest BCUT2D eigenvalue weighted by atomic mass is 9.59. The average Bonchev–Trinajstić information content (AvgIpc) is 3.57. The van der Waals surface area contributed by atoms with Gasteiger partial charge in [-0.15, -0.1) is 0 Å². The topological polar surface area (TPSA) is 71.5 Å². The third-order valence-electron chi connectivity index (χ3n) is 10.2. The van der Waals surface area contributed by atoms with Gasteiger partial charge in [0.05, 0.1) is 6.04 Å². The van der Waals surface area contributed by atoms with E-state index in [0.717, 1.165) is 16.7 Å². The van der Waals surface area contributed by atoms with Crippen LogP contribution in [-0.2, 0) is 0 Å². The minimum atomic E-state index is -1.92. The summed E-state index contributed by atoms with van der Waals surface area (Å²) in [6.07, 6.45) is 0. The van der Waals surface area contributed by atoms with Gasteiger partial charge in [-0.2, -0.15) is 0 Å². The number of benzene rings is 5. The van der Waals surface area contributed by atoms with Gasteiger partial charge in [-0.3, -0.25) is 19.2 Å². The summed E-state index contributed by atoms with van der Waals surface area (Å²) in [5.74, 6) is -2.65. The number of Topliss-reactive ketones (excluding diaryl/α,β-unsaturated/α-hetero) is 4. The van der Waals surface area contributed by atoms with Crippen molar-refractivity contribution in [3.05, 3.63) is 172 Å². The lowest BCUT2D eigenvalue weighted by Gasteiger charge is -2.40. The molecule has 0 aromatic heterocycles. The standard InChI is InChI=1S/C40H29NO4/c1-24-14-6-8-18-27(24)33-39(35(42)29-20-10-11-21-30(29)36(39)43)34(28-19-9-7-15-25(28)2)41(26-16-4-3-5-17-26)40(33)37(44)31-22-12-13-23-32(31)38(40)45/h3-23,33-34H,1-2H3. The zero-order valence-corrected chi connectivity index (χ0v) is 24.9. The zero-order chi connectivity index (χ0) is 31.1. The molecule has 1 fully saturated rings. The Labute approximate surface area is 261 Å². The molecule has 45 heavy (non-hydrogen) atoms. The molecule has 0 N–H and O–H groups in total. The average molecular weight is 588 g/mol. The molecular weight excluding hydrogens is 558 g/mol. The Morgan fingerprint density at radius 2 is 0.867 bits per heavy atom. The number of carbonyl (C=O) groups excluding carboxylic acids is 4. The highest BCUT2D eigenvalue weighted by Crippen LogP contribution is 2.70. The first-order chi connectivity index (χ1) is 21.9. The van der Waals surface area contributed by atoms with E-state index in [1.807, 2.05) is 97.6 Å². The molecule has 5 heteroatoms. The number of anilines is 1. The van der Waals surface area contributed by atoms with Crippen molar-refractivity contribution in [2.75, 3.05) is 4.90 Å². The largest absolute Gasteiger partial charge is 0.343 e. The predicted molar refractivity (Wildman–Crippen MR) is 172 cm³/mol. The minimum Gasteiger partial charge on any atom is -0.343 e. The third-order valence-corrected chi connectivity index (χ3v) is 10.2. The van der Waals surface area contributed by atoms with Gasteiger partial charge in [-0.25, -0.2) is 0 Å². The van der Waals surface area contributed by atoms with Gasteiger partial charge in [0.1, 0.15) is 5.41 Å². The second-order valence-electron chi connectivity index (χ2n) is 12.3. The van der Waals surface area contributed by atoms with Crippen LogP contribution in [0.4, 0.5) is 5.69 Å². The van der Waals surface area contributed by atoms with Crippen LogP contribution in [0.2, 0.25) is 0 Å². The molecule has 0 amide bonds. The fourth-order valence-corrected chi connectivity index (χ4v) is 8.45. The Hall–Kier alpha value is -5.42. The van der Waals surface area contributed by atoms with Crippen LogP contribution in [0.15, 0.2) is 127 Å². The molecule has 5 nitrogen and oxygen atoms in total. The monoisotopic (exact) mass is 587 g/mol. The van der Waals surface area contributed by atoms with Crippen LogP contribution < -0.4 is 4.90 Å². The number of ketones is 4. The van der Waals surface area contributed by atoms with Crippen molar-refractivity contribution in [3.8, 4) is 0 Å². The van der Waals surface area contributed by atoms with Crippen LogP contribution in [0.3, 0.4) is 0 Å². The number of aryl methyl sites for hydroxylation is 2. The van der Waals surface area contributed by atoms with E-state index in [-0.39, 0.29) is 11.6 Å². The van der Waals surface area contributed by atoms with Gasteiger partial charge >= 0.3 is 0 Å². The number of rotatable bonds is 3. The molecule has 1 heterocycles. The maximum absolute atomic E-state index is 15.4. The summed E-state index contributed by atoms with van der Waals surface area (Å²) < 4.78 is 0. The Kier molecular flexibility index (Phi) is 5.76. The van der Waals surface area contributed by atoms with E-state index in [4.69, 9.17) is 0 Å². The molecule has 0 saturated carbocycles. The number of hydrogen-bond acceptors (Lipinski definition) is 5. The van der Waals surface area contributed by atoms with E-state index in [1.54, 1.807) is 48.5 Å². The third kappa shape index (κ3) is 3.22. The number of hydrogen-bond donors (Lipinski definition) is 0. The second-order valence-corrected chi connectivity index (χ2v) is 12.3. The van der Waals surface area contributed by atoms with Crippen LogP contribution in [-0.4, -0.2) is 28.7 Å². The van der Waals surface area contributed by atoms with Gasteiger partial charge in [0.25, 0.3) is 0 Å². The first kappa shape index (κ1) is 27.2. The number of fused-ring (bicyclic) bond motifs is 2. The maximum Gasteiger partial charge on any atom is 0.197 e. The van der Waals surface area contributed by atoms with Gasteiger partial charge in [-0.05, 0) is 48.2 Å². The molecule has 5 aromatic carbocycles. The first-order valence-electron chi connectivity index (χ1n) is 15.2. The predicted octanol–water partition coefficient (Wildman–Crippen LogP) is 7.53. The second kappa shape index (κ2) is 9.54. The molecule has 8 rings (SSSR count). The van der Waals surface area contributed by atoms with E-state index in [0.29, 0.717) is 33.5 Å². The Balaban J connectivity index is 1.61. The summed E-state index contributed by atoms with van der Waals surface area (Å²) >= 11 is 0. The summed E-state index contributed by atoms with van der Waals surface area (Å²) in [7, 11) is 0. The van der Waals surface area contributed by atoms with Crippen LogP contribution in [0.25, 0.3) is 0 Å². The van der Waals surface area contributed by atoms with Crippen LogP contribution in [0.5, 0.6) is 0 Å². The first-order valence-corrected chi connectivity index (χ1v) is 15.2. The lowest BCUT2D eigenvalue weighted by Crippen LogP contribution is -2.57. The van der Waals surface area contributed by atoms with Crippen LogP contribution in [0, 0.1) is 19.3 Å². The smallest absolute Gasteiger partial charge is 0.197 e. The van der Waals surface area contributed by atoms with Gasteiger partial charge < -0.3 is 4.90 Å². The van der Waals surface area contributed by atoms with E-state index >= 15 is 19.2 Å². The summed E-state index contributed by atoms with van der Waals surface area (Å²) in [4.78, 5) is 63.2. The van der Waals surface area contributed by atoms with Crippen molar-refractivity contribution < 1.29 is 19.2 Å². The fourth-order valence-electron chi connectivity index (χ4n) is 8.45. The van der Waals surface area contributed by atoms with Crippen molar-refractivity contribution in [2.45, 2.75) is 31.3 Å². The highest BCUT2D eigenvalue weighted by molar-refractivity contribution is 6.39. The highest BCUT2D eigenvalue weighted by Gasteiger charge is 2.81. The van der Waals surface area contributed by atoms with Crippen molar-refractivity contribution in [1.29, 1.82) is 0 Å². The van der Waals surface area contributed by atoms with E-state index in [1.165, 1.54) is 0 Å².